The fourth-order valence-electron chi connectivity index (χ4n) is 7.57. The molecule has 0 aliphatic heterocycles. The summed E-state index contributed by atoms with van der Waals surface area (Å²) in [6.45, 7) is 20.0. The molecule has 0 bridgehead atoms. The van der Waals surface area contributed by atoms with E-state index < -0.39 is 5.60 Å². The standard InChI is InChI=1S/C31H51NO3.C2H6/c1-7-32(8-2)29(34)31(6,35)21-10-12-22(3)26-18-19-27-25(14-11-20-30(26,27)5)17-16-24-13-9-15-28(33)23(24)4;1-2/h16-17,22,26-28,33,35H,4,7-15,18-21H2,1-3,5-6H3;1-2H3/b24-16-,25-17+;/t22-,26?,27?,28?,30?,31?;/m1./s1. The van der Waals surface area contributed by atoms with Crippen LogP contribution < -0.4 is 0 Å². The summed E-state index contributed by atoms with van der Waals surface area (Å²) in [6, 6.07) is 0. The molecule has 212 valence electrons. The average molecular weight is 516 g/mol. The van der Waals surface area contributed by atoms with Gasteiger partial charge in [-0.2, -0.15) is 0 Å². The Morgan fingerprint density at radius 2 is 1.84 bits per heavy atom. The second-order valence-corrected chi connectivity index (χ2v) is 12.1. The largest absolute Gasteiger partial charge is 0.388 e. The predicted molar refractivity (Wildman–Crippen MR) is 156 cm³/mol. The molecule has 3 rings (SSSR count). The van der Waals surface area contributed by atoms with Gasteiger partial charge < -0.3 is 15.1 Å². The second kappa shape index (κ2) is 14.1. The van der Waals surface area contributed by atoms with Crippen LogP contribution in [-0.4, -0.2) is 45.8 Å². The molecule has 0 aromatic heterocycles. The van der Waals surface area contributed by atoms with Crippen LogP contribution in [0.25, 0.3) is 0 Å². The van der Waals surface area contributed by atoms with Crippen LogP contribution in [0.1, 0.15) is 119 Å². The van der Waals surface area contributed by atoms with Crippen LogP contribution in [0, 0.1) is 23.2 Å². The first-order valence-electron chi connectivity index (χ1n) is 15.3. The van der Waals surface area contributed by atoms with E-state index in [0.717, 1.165) is 37.7 Å². The number of fused-ring (bicyclic) bond motifs is 1. The van der Waals surface area contributed by atoms with Crippen molar-refractivity contribution in [3.05, 3.63) is 35.5 Å². The molecule has 0 spiro atoms. The number of aliphatic hydroxyl groups is 2. The van der Waals surface area contributed by atoms with Crippen molar-refractivity contribution in [2.75, 3.05) is 13.1 Å². The molecule has 5 unspecified atom stereocenters. The van der Waals surface area contributed by atoms with E-state index >= 15 is 0 Å². The maximum atomic E-state index is 12.7. The topological polar surface area (TPSA) is 60.8 Å². The van der Waals surface area contributed by atoms with E-state index in [1.165, 1.54) is 37.7 Å². The van der Waals surface area contributed by atoms with Crippen LogP contribution in [0.4, 0.5) is 0 Å². The van der Waals surface area contributed by atoms with Gasteiger partial charge in [0.15, 0.2) is 0 Å². The smallest absolute Gasteiger partial charge is 0.254 e. The molecule has 0 aromatic rings. The first-order valence-corrected chi connectivity index (χ1v) is 15.3. The molecule has 37 heavy (non-hydrogen) atoms. The number of rotatable bonds is 9. The number of aliphatic hydroxyl groups excluding tert-OH is 1. The van der Waals surface area contributed by atoms with Gasteiger partial charge in [0, 0.05) is 13.1 Å². The molecule has 6 atom stereocenters. The summed E-state index contributed by atoms with van der Waals surface area (Å²) in [4.78, 5) is 14.4. The van der Waals surface area contributed by atoms with E-state index in [4.69, 9.17) is 0 Å². The van der Waals surface area contributed by atoms with Gasteiger partial charge in [0.05, 0.1) is 6.10 Å². The van der Waals surface area contributed by atoms with Crippen LogP contribution in [0.3, 0.4) is 0 Å². The highest BCUT2D eigenvalue weighted by atomic mass is 16.3. The molecule has 0 heterocycles. The minimum Gasteiger partial charge on any atom is -0.388 e. The number of carbonyl (C=O) groups excluding carboxylic acids is 1. The SMILES string of the molecule is C=C1/C(=C\C=C2/CCCC3(C)C2CCC3[C@H](C)CCCC(C)(O)C(=O)N(CC)CC)CCCC1O.CC. The lowest BCUT2D eigenvalue weighted by Crippen LogP contribution is -2.47. The van der Waals surface area contributed by atoms with E-state index in [-0.39, 0.29) is 12.0 Å². The van der Waals surface area contributed by atoms with Crippen molar-refractivity contribution in [1.82, 2.24) is 4.90 Å². The molecule has 0 aromatic carbocycles. The molecule has 3 aliphatic rings. The van der Waals surface area contributed by atoms with Gasteiger partial charge in [-0.3, -0.25) is 4.79 Å². The first kappa shape index (κ1) is 31.8. The third-order valence-corrected chi connectivity index (χ3v) is 9.80. The summed E-state index contributed by atoms with van der Waals surface area (Å²) < 4.78 is 0. The van der Waals surface area contributed by atoms with Crippen molar-refractivity contribution in [3.8, 4) is 0 Å². The number of likely N-dealkylation sites (N-methyl/N-ethyl adjacent to an activating group) is 1. The first-order chi connectivity index (χ1) is 17.5. The van der Waals surface area contributed by atoms with Crippen LogP contribution >= 0.6 is 0 Å². The number of hydrogen-bond donors (Lipinski definition) is 2. The third kappa shape index (κ3) is 7.38. The van der Waals surface area contributed by atoms with Crippen LogP contribution in [0.15, 0.2) is 35.5 Å². The molecule has 4 nitrogen and oxygen atoms in total. The van der Waals surface area contributed by atoms with Crippen LogP contribution in [0.5, 0.6) is 0 Å². The van der Waals surface area contributed by atoms with Gasteiger partial charge in [0.1, 0.15) is 5.60 Å². The molecule has 2 N–H and O–H groups in total. The fourth-order valence-corrected chi connectivity index (χ4v) is 7.57. The number of carbonyl (C=O) groups is 1. The Bertz CT molecular complexity index is 821. The quantitative estimate of drug-likeness (QED) is 0.332. The predicted octanol–water partition coefficient (Wildman–Crippen LogP) is 7.61. The van der Waals surface area contributed by atoms with E-state index in [0.29, 0.717) is 42.7 Å². The van der Waals surface area contributed by atoms with Crippen molar-refractivity contribution in [2.24, 2.45) is 23.2 Å². The lowest BCUT2D eigenvalue weighted by atomic mass is 9.60. The van der Waals surface area contributed by atoms with E-state index in [1.54, 1.807) is 17.4 Å². The van der Waals surface area contributed by atoms with Crippen molar-refractivity contribution < 1.29 is 15.0 Å². The highest BCUT2D eigenvalue weighted by Gasteiger charge is 2.50. The Labute approximate surface area is 228 Å². The lowest BCUT2D eigenvalue weighted by Gasteiger charge is -2.44. The monoisotopic (exact) mass is 515 g/mol. The number of hydrogen-bond acceptors (Lipinski definition) is 3. The van der Waals surface area contributed by atoms with Crippen molar-refractivity contribution in [1.29, 1.82) is 0 Å². The summed E-state index contributed by atoms with van der Waals surface area (Å²) in [5, 5.41) is 21.0. The summed E-state index contributed by atoms with van der Waals surface area (Å²) in [7, 11) is 0. The Morgan fingerprint density at radius 1 is 1.16 bits per heavy atom. The average Bonchev–Trinajstić information content (AvgIpc) is 3.24. The highest BCUT2D eigenvalue weighted by Crippen LogP contribution is 2.60. The molecule has 0 saturated heterocycles. The van der Waals surface area contributed by atoms with Gasteiger partial charge in [0.2, 0.25) is 0 Å². The Balaban J connectivity index is 0.00000235. The second-order valence-electron chi connectivity index (χ2n) is 12.1. The lowest BCUT2D eigenvalue weighted by molar-refractivity contribution is -0.150. The Kier molecular flexibility index (Phi) is 12.1. The highest BCUT2D eigenvalue weighted by molar-refractivity contribution is 5.84. The zero-order chi connectivity index (χ0) is 27.8. The zero-order valence-electron chi connectivity index (χ0n) is 25.1. The Hall–Kier alpha value is -1.39. The van der Waals surface area contributed by atoms with Gasteiger partial charge in [0.25, 0.3) is 5.91 Å². The van der Waals surface area contributed by atoms with E-state index in [1.807, 2.05) is 27.7 Å². The summed E-state index contributed by atoms with van der Waals surface area (Å²) in [6.07, 6.45) is 15.9. The molecule has 4 heteroatoms. The molecule has 0 radical (unpaired) electrons. The van der Waals surface area contributed by atoms with Gasteiger partial charge in [-0.1, -0.05) is 58.4 Å². The van der Waals surface area contributed by atoms with Crippen molar-refractivity contribution in [3.63, 3.8) is 0 Å². The van der Waals surface area contributed by atoms with Gasteiger partial charge in [-0.25, -0.2) is 0 Å². The molecule has 3 saturated carbocycles. The van der Waals surface area contributed by atoms with Gasteiger partial charge in [-0.05, 0) is 119 Å². The van der Waals surface area contributed by atoms with Crippen molar-refractivity contribution in [2.45, 2.75) is 131 Å². The molecule has 1 amide bonds. The maximum Gasteiger partial charge on any atom is 0.254 e. The molecule has 3 aliphatic carbocycles. The zero-order valence-corrected chi connectivity index (χ0v) is 25.1. The summed E-state index contributed by atoms with van der Waals surface area (Å²) >= 11 is 0. The molecular formula is C33H57NO3. The summed E-state index contributed by atoms with van der Waals surface area (Å²) in [5.41, 5.74) is 2.82. The van der Waals surface area contributed by atoms with E-state index in [2.05, 4.69) is 32.6 Å². The number of allylic oxidation sites excluding steroid dienone is 3. The normalized spacial score (nSPS) is 32.4. The maximum absolute atomic E-state index is 12.7. The third-order valence-electron chi connectivity index (χ3n) is 9.80. The number of amides is 1. The molecular weight excluding hydrogens is 458 g/mol. The van der Waals surface area contributed by atoms with E-state index in [9.17, 15) is 15.0 Å². The summed E-state index contributed by atoms with van der Waals surface area (Å²) in [5.74, 6) is 1.80. The minimum atomic E-state index is -1.27. The number of nitrogens with zero attached hydrogens (tertiary/aromatic N) is 1. The fraction of sp³-hybridized carbons (Fsp3) is 0.788. The Morgan fingerprint density at radius 3 is 2.49 bits per heavy atom. The van der Waals surface area contributed by atoms with Gasteiger partial charge in [-0.15, -0.1) is 0 Å². The van der Waals surface area contributed by atoms with Crippen molar-refractivity contribution >= 4 is 5.91 Å². The van der Waals surface area contributed by atoms with Crippen LogP contribution in [0.2, 0.25) is 0 Å². The van der Waals surface area contributed by atoms with Crippen LogP contribution in [-0.2, 0) is 4.79 Å². The molecule has 3 fully saturated rings. The van der Waals surface area contributed by atoms with Gasteiger partial charge >= 0.3 is 0 Å². The minimum absolute atomic E-state index is 0.132.